The van der Waals surface area contributed by atoms with Crippen molar-refractivity contribution < 1.29 is 4.79 Å². The van der Waals surface area contributed by atoms with Crippen LogP contribution in [-0.4, -0.2) is 11.9 Å². The fourth-order valence-electron chi connectivity index (χ4n) is 0.491. The van der Waals surface area contributed by atoms with Gasteiger partial charge in [0.15, 0.2) is 0 Å². The fraction of sp³-hybridized carbons (Fsp3) is 0.429. The number of carbonyl (C=O) groups excluding carboxylic acids is 1. The molecule has 0 radical (unpaired) electrons. The Morgan fingerprint density at radius 2 is 2.45 bits per heavy atom. The van der Waals surface area contributed by atoms with Gasteiger partial charge in [-0.15, -0.1) is 0 Å². The van der Waals surface area contributed by atoms with Crippen molar-refractivity contribution in [1.82, 2.24) is 5.32 Å². The molecule has 1 unspecified atom stereocenters. The number of hydrogen-bond acceptors (Lipinski definition) is 2. The maximum Gasteiger partial charge on any atom is 0.296 e. The number of halogens is 1. The molecule has 0 aromatic heterocycles. The summed E-state index contributed by atoms with van der Waals surface area (Å²) in [7, 11) is 0. The highest BCUT2D eigenvalue weighted by atomic mass is 79.9. The molecule has 0 bridgehead atoms. The minimum absolute atomic E-state index is 0.138. The van der Waals surface area contributed by atoms with E-state index in [1.165, 1.54) is 0 Å². The topological polar surface area (TPSA) is 52.9 Å². The zero-order valence-corrected chi connectivity index (χ0v) is 7.60. The molecule has 4 heteroatoms. The molecule has 0 aliphatic rings. The van der Waals surface area contributed by atoms with Gasteiger partial charge >= 0.3 is 0 Å². The summed E-state index contributed by atoms with van der Waals surface area (Å²) >= 11 is 2.79. The molecule has 0 heterocycles. The van der Waals surface area contributed by atoms with Gasteiger partial charge in [0.25, 0.3) is 5.91 Å². The fourth-order valence-corrected chi connectivity index (χ4v) is 0.671. The van der Waals surface area contributed by atoms with Crippen molar-refractivity contribution in [3.05, 3.63) is 0 Å². The standard InChI is InChI=1S/C7H7BrN2O/c1-6(3-5-9)10-7(11)2-4-8/h6H,3H2,1H3,(H,10,11). The number of amides is 1. The number of rotatable bonds is 2. The second-order valence-electron chi connectivity index (χ2n) is 1.96. The Labute approximate surface area is 73.9 Å². The molecule has 1 N–H and O–H groups in total. The molecular weight excluding hydrogens is 208 g/mol. The Balaban J connectivity index is 3.74. The maximum atomic E-state index is 10.7. The third-order valence-electron chi connectivity index (χ3n) is 0.936. The Morgan fingerprint density at radius 1 is 1.82 bits per heavy atom. The molecule has 1 amide bonds. The zero-order chi connectivity index (χ0) is 8.69. The zero-order valence-electron chi connectivity index (χ0n) is 6.02. The third kappa shape index (κ3) is 5.44. The summed E-state index contributed by atoms with van der Waals surface area (Å²) in [4.78, 5) is 13.0. The SMILES string of the molecule is CC(CC#N)NC(=O)C#CBr. The van der Waals surface area contributed by atoms with Crippen LogP contribution < -0.4 is 5.32 Å². The summed E-state index contributed by atoms with van der Waals surface area (Å²) in [6, 6.07) is 1.80. The lowest BCUT2D eigenvalue weighted by Gasteiger charge is -2.05. The van der Waals surface area contributed by atoms with Crippen LogP contribution in [0.1, 0.15) is 13.3 Å². The molecule has 0 rings (SSSR count). The molecule has 0 spiro atoms. The van der Waals surface area contributed by atoms with Crippen molar-refractivity contribution in [2.24, 2.45) is 0 Å². The molecular formula is C7H7BrN2O. The Bertz CT molecular complexity index is 233. The van der Waals surface area contributed by atoms with Crippen LogP contribution in [0.2, 0.25) is 0 Å². The molecule has 58 valence electrons. The molecule has 0 saturated heterocycles. The number of nitrogens with one attached hydrogen (secondary N) is 1. The Morgan fingerprint density at radius 3 is 2.91 bits per heavy atom. The summed E-state index contributed by atoms with van der Waals surface area (Å²) in [5.41, 5.74) is 0. The second-order valence-corrected chi connectivity index (χ2v) is 2.35. The summed E-state index contributed by atoms with van der Waals surface area (Å²) in [5, 5.41) is 10.7. The van der Waals surface area contributed by atoms with Crippen LogP contribution in [0.3, 0.4) is 0 Å². The highest BCUT2D eigenvalue weighted by Crippen LogP contribution is 1.86. The van der Waals surface area contributed by atoms with Crippen LogP contribution in [-0.2, 0) is 4.79 Å². The average Bonchev–Trinajstić information content (AvgIpc) is 1.87. The predicted molar refractivity (Wildman–Crippen MR) is 44.5 cm³/mol. The molecule has 0 aromatic carbocycles. The van der Waals surface area contributed by atoms with E-state index in [0.717, 1.165) is 0 Å². The van der Waals surface area contributed by atoms with Gasteiger partial charge in [0, 0.05) is 27.9 Å². The number of hydrogen-bond donors (Lipinski definition) is 1. The molecule has 11 heavy (non-hydrogen) atoms. The highest BCUT2D eigenvalue weighted by molar-refractivity contribution is 9.12. The highest BCUT2D eigenvalue weighted by Gasteiger charge is 2.02. The lowest BCUT2D eigenvalue weighted by Crippen LogP contribution is -2.30. The smallest absolute Gasteiger partial charge is 0.296 e. The molecule has 0 aliphatic carbocycles. The van der Waals surface area contributed by atoms with Crippen LogP contribution in [0.4, 0.5) is 0 Å². The number of nitriles is 1. The van der Waals surface area contributed by atoms with Crippen LogP contribution in [0.5, 0.6) is 0 Å². The van der Waals surface area contributed by atoms with Gasteiger partial charge in [-0.3, -0.25) is 4.79 Å². The first-order chi connectivity index (χ1) is 5.20. The van der Waals surface area contributed by atoms with Crippen molar-refractivity contribution in [2.45, 2.75) is 19.4 Å². The largest absolute Gasteiger partial charge is 0.342 e. The van der Waals surface area contributed by atoms with E-state index in [4.69, 9.17) is 5.26 Å². The predicted octanol–water partition coefficient (Wildman–Crippen LogP) is 0.761. The van der Waals surface area contributed by atoms with Crippen molar-refractivity contribution >= 4 is 21.8 Å². The molecule has 0 fully saturated rings. The summed E-state index contributed by atoms with van der Waals surface area (Å²) in [5.74, 6) is 1.87. The monoisotopic (exact) mass is 214 g/mol. The van der Waals surface area contributed by atoms with Crippen LogP contribution in [0, 0.1) is 22.1 Å². The molecule has 3 nitrogen and oxygen atoms in total. The van der Waals surface area contributed by atoms with E-state index in [2.05, 4.69) is 32.0 Å². The van der Waals surface area contributed by atoms with Gasteiger partial charge in [0.05, 0.1) is 12.5 Å². The average molecular weight is 215 g/mol. The number of carbonyl (C=O) groups is 1. The molecule has 1 atom stereocenters. The molecule has 0 aliphatic heterocycles. The van der Waals surface area contributed by atoms with E-state index < -0.39 is 0 Å². The van der Waals surface area contributed by atoms with E-state index in [1.54, 1.807) is 6.92 Å². The second kappa shape index (κ2) is 5.76. The molecule has 0 saturated carbocycles. The first-order valence-corrected chi connectivity index (χ1v) is 3.79. The summed E-state index contributed by atoms with van der Waals surface area (Å²) in [6.07, 6.45) is 0.301. The first kappa shape index (κ1) is 10.0. The Hall–Kier alpha value is -1.00. The van der Waals surface area contributed by atoms with E-state index in [0.29, 0.717) is 6.42 Å². The van der Waals surface area contributed by atoms with Gasteiger partial charge in [-0.25, -0.2) is 0 Å². The lowest BCUT2D eigenvalue weighted by atomic mass is 10.2. The van der Waals surface area contributed by atoms with Gasteiger partial charge in [0.1, 0.15) is 0 Å². The normalized spacial score (nSPS) is 10.3. The van der Waals surface area contributed by atoms with Crippen molar-refractivity contribution in [3.63, 3.8) is 0 Å². The van der Waals surface area contributed by atoms with Gasteiger partial charge in [0.2, 0.25) is 0 Å². The van der Waals surface area contributed by atoms with Gasteiger partial charge in [-0.2, -0.15) is 5.26 Å². The maximum absolute atomic E-state index is 10.7. The van der Waals surface area contributed by atoms with E-state index in [9.17, 15) is 4.79 Å². The van der Waals surface area contributed by atoms with Crippen LogP contribution >= 0.6 is 15.9 Å². The Kier molecular flexibility index (Phi) is 5.24. The third-order valence-corrected chi connectivity index (χ3v) is 1.13. The van der Waals surface area contributed by atoms with Crippen molar-refractivity contribution in [2.75, 3.05) is 0 Å². The van der Waals surface area contributed by atoms with Gasteiger partial charge in [-0.1, -0.05) is 0 Å². The number of nitrogens with zero attached hydrogens (tertiary/aromatic N) is 1. The van der Waals surface area contributed by atoms with E-state index in [1.807, 2.05) is 6.07 Å². The van der Waals surface area contributed by atoms with Crippen LogP contribution in [0.25, 0.3) is 0 Å². The van der Waals surface area contributed by atoms with Crippen molar-refractivity contribution in [1.29, 1.82) is 5.26 Å². The molecule has 0 aromatic rings. The minimum atomic E-state index is -0.371. The first-order valence-electron chi connectivity index (χ1n) is 2.99. The van der Waals surface area contributed by atoms with E-state index >= 15 is 0 Å². The minimum Gasteiger partial charge on any atom is -0.342 e. The van der Waals surface area contributed by atoms with Crippen molar-refractivity contribution in [3.8, 4) is 16.8 Å². The summed E-state index contributed by atoms with van der Waals surface area (Å²) < 4.78 is 0. The lowest BCUT2D eigenvalue weighted by molar-refractivity contribution is -0.116. The quantitative estimate of drug-likeness (QED) is 0.691. The van der Waals surface area contributed by atoms with Gasteiger partial charge < -0.3 is 5.32 Å². The van der Waals surface area contributed by atoms with E-state index in [-0.39, 0.29) is 11.9 Å². The van der Waals surface area contributed by atoms with Crippen LogP contribution in [0.15, 0.2) is 0 Å². The summed E-state index contributed by atoms with van der Waals surface area (Å²) in [6.45, 7) is 1.75. The van der Waals surface area contributed by atoms with Gasteiger partial charge in [-0.05, 0) is 11.8 Å².